The first-order valence-electron chi connectivity index (χ1n) is 6.59. The van der Waals surface area contributed by atoms with Gasteiger partial charge in [-0.3, -0.25) is 4.79 Å². The topological polar surface area (TPSA) is 23.6 Å². The van der Waals surface area contributed by atoms with Gasteiger partial charge in [0.15, 0.2) is 0 Å². The van der Waals surface area contributed by atoms with Crippen LogP contribution in [0, 0.1) is 0 Å². The summed E-state index contributed by atoms with van der Waals surface area (Å²) >= 11 is 0. The van der Waals surface area contributed by atoms with Crippen molar-refractivity contribution in [1.29, 1.82) is 0 Å². The molecule has 0 aromatic carbocycles. The number of hydrogen-bond donors (Lipinski definition) is 0. The first kappa shape index (κ1) is 12.1. The summed E-state index contributed by atoms with van der Waals surface area (Å²) in [4.78, 5) is 16.7. The van der Waals surface area contributed by atoms with Gasteiger partial charge in [0.25, 0.3) is 0 Å². The number of rotatable bonds is 4. The Morgan fingerprint density at radius 1 is 1.00 bits per heavy atom. The van der Waals surface area contributed by atoms with Crippen LogP contribution in [0.15, 0.2) is 0 Å². The third-order valence-corrected chi connectivity index (χ3v) is 4.27. The lowest BCUT2D eigenvalue weighted by Gasteiger charge is -2.21. The highest BCUT2D eigenvalue weighted by Gasteiger charge is 2.27. The molecular weight excluding hydrogens is 200 g/mol. The van der Waals surface area contributed by atoms with E-state index < -0.39 is 0 Å². The Morgan fingerprint density at radius 3 is 1.75 bits per heavy atom. The van der Waals surface area contributed by atoms with E-state index in [2.05, 4.69) is 23.9 Å². The van der Waals surface area contributed by atoms with Crippen LogP contribution >= 0.6 is 0 Å². The summed E-state index contributed by atoms with van der Waals surface area (Å²) in [5.74, 6) is 0.470. The monoisotopic (exact) mass is 224 g/mol. The van der Waals surface area contributed by atoms with Gasteiger partial charge >= 0.3 is 0 Å². The molecule has 3 heteroatoms. The van der Waals surface area contributed by atoms with E-state index >= 15 is 0 Å². The molecule has 0 spiro atoms. The van der Waals surface area contributed by atoms with E-state index in [1.165, 1.54) is 38.8 Å². The van der Waals surface area contributed by atoms with Crippen molar-refractivity contribution in [3.05, 3.63) is 0 Å². The number of carbonyl (C=O) groups is 1. The van der Waals surface area contributed by atoms with Gasteiger partial charge in [0.2, 0.25) is 0 Å². The maximum atomic E-state index is 12.0. The fourth-order valence-electron chi connectivity index (χ4n) is 3.08. The van der Waals surface area contributed by atoms with E-state index in [0.717, 1.165) is 12.8 Å². The fraction of sp³-hybridized carbons (Fsp3) is 0.923. The van der Waals surface area contributed by atoms with Crippen molar-refractivity contribution < 1.29 is 4.79 Å². The molecule has 0 saturated carbocycles. The van der Waals surface area contributed by atoms with Gasteiger partial charge in [-0.15, -0.1) is 0 Å². The van der Waals surface area contributed by atoms with Crippen molar-refractivity contribution in [2.45, 2.75) is 50.6 Å². The highest BCUT2D eigenvalue weighted by molar-refractivity contribution is 5.79. The van der Waals surface area contributed by atoms with E-state index in [-0.39, 0.29) is 0 Å². The average Bonchev–Trinajstić information content (AvgIpc) is 2.79. The number of likely N-dealkylation sites (tertiary alicyclic amines) is 2. The minimum absolute atomic E-state index is 0.470. The minimum atomic E-state index is 0.470. The van der Waals surface area contributed by atoms with Crippen molar-refractivity contribution in [2.24, 2.45) is 0 Å². The molecule has 0 aromatic heterocycles. The molecular formula is C13H24N2O. The summed E-state index contributed by atoms with van der Waals surface area (Å²) in [7, 11) is 4.29. The average molecular weight is 224 g/mol. The highest BCUT2D eigenvalue weighted by Crippen LogP contribution is 2.22. The molecule has 2 rings (SSSR count). The summed E-state index contributed by atoms with van der Waals surface area (Å²) in [6.45, 7) is 2.34. The van der Waals surface area contributed by atoms with Crippen LogP contribution in [0.2, 0.25) is 0 Å². The zero-order chi connectivity index (χ0) is 11.5. The summed E-state index contributed by atoms with van der Waals surface area (Å²) in [6, 6.07) is 1.05. The zero-order valence-electron chi connectivity index (χ0n) is 10.6. The Kier molecular flexibility index (Phi) is 3.98. The fourth-order valence-corrected chi connectivity index (χ4v) is 3.08. The summed E-state index contributed by atoms with van der Waals surface area (Å²) < 4.78 is 0. The number of carbonyl (C=O) groups excluding carboxylic acids is 1. The molecule has 0 amide bonds. The standard InChI is InChI=1S/C13H24N2O/c1-14-7-3-5-11(14)9-13(16)10-12-6-4-8-15(12)2/h11-12H,3-10H2,1-2H3/t11-,12+. The van der Waals surface area contributed by atoms with E-state index in [1.54, 1.807) is 0 Å². The van der Waals surface area contributed by atoms with E-state index in [0.29, 0.717) is 17.9 Å². The Balaban J connectivity index is 1.75. The van der Waals surface area contributed by atoms with Crippen LogP contribution < -0.4 is 0 Å². The maximum absolute atomic E-state index is 12.0. The van der Waals surface area contributed by atoms with E-state index in [4.69, 9.17) is 0 Å². The van der Waals surface area contributed by atoms with Crippen LogP contribution in [-0.4, -0.2) is 54.9 Å². The van der Waals surface area contributed by atoms with Crippen LogP contribution in [0.25, 0.3) is 0 Å². The molecule has 2 aliphatic heterocycles. The molecule has 2 atom stereocenters. The summed E-state index contributed by atoms with van der Waals surface area (Å²) in [6.07, 6.45) is 6.50. The Labute approximate surface area is 98.8 Å². The molecule has 0 aromatic rings. The highest BCUT2D eigenvalue weighted by atomic mass is 16.1. The number of hydrogen-bond acceptors (Lipinski definition) is 3. The smallest absolute Gasteiger partial charge is 0.136 e. The first-order valence-corrected chi connectivity index (χ1v) is 6.59. The van der Waals surface area contributed by atoms with Crippen molar-refractivity contribution in [2.75, 3.05) is 27.2 Å². The van der Waals surface area contributed by atoms with Crippen LogP contribution in [-0.2, 0) is 4.79 Å². The van der Waals surface area contributed by atoms with Gasteiger partial charge in [-0.05, 0) is 52.9 Å². The second-order valence-electron chi connectivity index (χ2n) is 5.50. The van der Waals surface area contributed by atoms with Gasteiger partial charge in [-0.25, -0.2) is 0 Å². The van der Waals surface area contributed by atoms with E-state index in [9.17, 15) is 4.79 Å². The molecule has 2 aliphatic rings. The lowest BCUT2D eigenvalue weighted by Crippen LogP contribution is -2.31. The predicted octanol–water partition coefficient (Wildman–Crippen LogP) is 1.52. The number of ketones is 1. The molecule has 3 nitrogen and oxygen atoms in total. The quantitative estimate of drug-likeness (QED) is 0.723. The van der Waals surface area contributed by atoms with Gasteiger partial charge in [-0.1, -0.05) is 0 Å². The first-order chi connectivity index (χ1) is 7.66. The van der Waals surface area contributed by atoms with Crippen LogP contribution in [0.4, 0.5) is 0 Å². The molecule has 0 bridgehead atoms. The SMILES string of the molecule is CN1CCC[C@@H]1CC(=O)C[C@@H]1CCCN1C. The third kappa shape index (κ3) is 2.83. The third-order valence-electron chi connectivity index (χ3n) is 4.27. The van der Waals surface area contributed by atoms with Crippen LogP contribution in [0.3, 0.4) is 0 Å². The van der Waals surface area contributed by atoms with Crippen molar-refractivity contribution in [3.8, 4) is 0 Å². The van der Waals surface area contributed by atoms with Crippen LogP contribution in [0.1, 0.15) is 38.5 Å². The number of Topliss-reactive ketones (excluding diaryl/α,β-unsaturated/α-hetero) is 1. The van der Waals surface area contributed by atoms with Gasteiger partial charge in [-0.2, -0.15) is 0 Å². The molecule has 16 heavy (non-hydrogen) atoms. The van der Waals surface area contributed by atoms with Gasteiger partial charge in [0.05, 0.1) is 0 Å². The minimum Gasteiger partial charge on any atom is -0.303 e. The summed E-state index contributed by atoms with van der Waals surface area (Å²) in [5, 5.41) is 0. The van der Waals surface area contributed by atoms with Gasteiger partial charge in [0.1, 0.15) is 5.78 Å². The predicted molar refractivity (Wildman–Crippen MR) is 65.5 cm³/mol. The molecule has 0 unspecified atom stereocenters. The largest absolute Gasteiger partial charge is 0.303 e. The maximum Gasteiger partial charge on any atom is 0.136 e. The van der Waals surface area contributed by atoms with Crippen LogP contribution in [0.5, 0.6) is 0 Å². The van der Waals surface area contributed by atoms with Gasteiger partial charge < -0.3 is 9.80 Å². The molecule has 0 radical (unpaired) electrons. The van der Waals surface area contributed by atoms with Crippen molar-refractivity contribution in [1.82, 2.24) is 9.80 Å². The van der Waals surface area contributed by atoms with Crippen molar-refractivity contribution in [3.63, 3.8) is 0 Å². The van der Waals surface area contributed by atoms with E-state index in [1.807, 2.05) is 0 Å². The molecule has 0 aliphatic carbocycles. The molecule has 2 saturated heterocycles. The molecule has 92 valence electrons. The Morgan fingerprint density at radius 2 is 1.44 bits per heavy atom. The lowest BCUT2D eigenvalue weighted by molar-refractivity contribution is -0.120. The Bertz CT molecular complexity index is 230. The molecule has 2 fully saturated rings. The Hall–Kier alpha value is -0.410. The zero-order valence-corrected chi connectivity index (χ0v) is 10.6. The second-order valence-corrected chi connectivity index (χ2v) is 5.50. The normalized spacial score (nSPS) is 32.4. The summed E-state index contributed by atoms with van der Waals surface area (Å²) in [5.41, 5.74) is 0. The lowest BCUT2D eigenvalue weighted by atomic mass is 10.0. The second kappa shape index (κ2) is 5.28. The molecule has 0 N–H and O–H groups in total. The van der Waals surface area contributed by atoms with Crippen molar-refractivity contribution >= 4 is 5.78 Å². The molecule has 2 heterocycles. The number of nitrogens with zero attached hydrogens (tertiary/aromatic N) is 2. The van der Waals surface area contributed by atoms with Gasteiger partial charge in [0, 0.05) is 24.9 Å².